The van der Waals surface area contributed by atoms with Gasteiger partial charge in [0.2, 0.25) is 0 Å². The molecule has 1 aromatic carbocycles. The van der Waals surface area contributed by atoms with E-state index in [0.29, 0.717) is 11.4 Å². The van der Waals surface area contributed by atoms with Gasteiger partial charge >= 0.3 is 5.97 Å². The van der Waals surface area contributed by atoms with Gasteiger partial charge < -0.3 is 10.0 Å². The van der Waals surface area contributed by atoms with E-state index in [2.05, 4.69) is 5.10 Å². The summed E-state index contributed by atoms with van der Waals surface area (Å²) in [5.74, 6) is -2.10. The van der Waals surface area contributed by atoms with Gasteiger partial charge in [0.1, 0.15) is 5.82 Å². The molecule has 1 heterocycles. The molecule has 7 heteroatoms. The van der Waals surface area contributed by atoms with Crippen molar-refractivity contribution in [3.8, 4) is 5.69 Å². The third-order valence-electron chi connectivity index (χ3n) is 5.58. The molecule has 1 N–H and O–H groups in total. The maximum atomic E-state index is 13.7. The van der Waals surface area contributed by atoms with Crippen molar-refractivity contribution in [3.63, 3.8) is 0 Å². The number of rotatable bonds is 6. The van der Waals surface area contributed by atoms with Gasteiger partial charge in [-0.1, -0.05) is 13.0 Å². The number of carbonyl (C=O) groups is 2. The summed E-state index contributed by atoms with van der Waals surface area (Å²) in [5, 5.41) is 13.9. The Bertz CT molecular complexity index is 920. The van der Waals surface area contributed by atoms with Gasteiger partial charge in [0.25, 0.3) is 5.91 Å². The third kappa shape index (κ3) is 3.53. The summed E-state index contributed by atoms with van der Waals surface area (Å²) < 4.78 is 15.4. The van der Waals surface area contributed by atoms with E-state index in [9.17, 15) is 19.1 Å². The Balaban J connectivity index is 1.72. The van der Waals surface area contributed by atoms with Gasteiger partial charge in [-0.15, -0.1) is 0 Å². The molecule has 1 atom stereocenters. The lowest BCUT2D eigenvalue weighted by Crippen LogP contribution is -2.39. The molecule has 1 fully saturated rings. The van der Waals surface area contributed by atoms with Crippen molar-refractivity contribution in [3.05, 3.63) is 47.0 Å². The minimum absolute atomic E-state index is 0.0906. The molecule has 2 aliphatic rings. The Morgan fingerprint density at radius 3 is 2.75 bits per heavy atom. The molecule has 0 spiro atoms. The number of nitrogens with zero attached hydrogens (tertiary/aromatic N) is 3. The number of fused-ring (bicyclic) bond motifs is 1. The molecule has 0 bridgehead atoms. The highest BCUT2D eigenvalue weighted by atomic mass is 19.1. The van der Waals surface area contributed by atoms with Crippen molar-refractivity contribution < 1.29 is 19.1 Å². The van der Waals surface area contributed by atoms with Crippen molar-refractivity contribution in [1.82, 2.24) is 14.7 Å². The fourth-order valence-electron chi connectivity index (χ4n) is 3.89. The zero-order valence-corrected chi connectivity index (χ0v) is 15.9. The first kappa shape index (κ1) is 18.7. The molecular formula is C21H24FN3O3. The summed E-state index contributed by atoms with van der Waals surface area (Å²) in [6.07, 6.45) is 5.33. The third-order valence-corrected chi connectivity index (χ3v) is 5.58. The molecule has 1 unspecified atom stereocenters. The summed E-state index contributed by atoms with van der Waals surface area (Å²) in [5.41, 5.74) is 2.88. The van der Waals surface area contributed by atoms with Gasteiger partial charge in [-0.2, -0.15) is 5.10 Å². The molecule has 1 saturated carbocycles. The number of hydrogen-bond acceptors (Lipinski definition) is 3. The first-order valence-electron chi connectivity index (χ1n) is 9.86. The number of amides is 1. The van der Waals surface area contributed by atoms with E-state index in [1.807, 2.05) is 0 Å². The van der Waals surface area contributed by atoms with Gasteiger partial charge in [-0.05, 0) is 56.7 Å². The molecule has 6 nitrogen and oxygen atoms in total. The van der Waals surface area contributed by atoms with Crippen LogP contribution in [0.1, 0.15) is 54.4 Å². The fraction of sp³-hybridized carbons (Fsp3) is 0.476. The second kappa shape index (κ2) is 7.37. The number of halogens is 1. The Morgan fingerprint density at radius 2 is 2.07 bits per heavy atom. The Morgan fingerprint density at radius 1 is 1.32 bits per heavy atom. The minimum atomic E-state index is -0.911. The van der Waals surface area contributed by atoms with E-state index >= 15 is 0 Å². The maximum absolute atomic E-state index is 13.7. The number of benzene rings is 1. The van der Waals surface area contributed by atoms with Crippen LogP contribution in [0.15, 0.2) is 24.3 Å². The van der Waals surface area contributed by atoms with Crippen LogP contribution in [0.4, 0.5) is 4.39 Å². The van der Waals surface area contributed by atoms with Crippen LogP contribution in [0.2, 0.25) is 0 Å². The van der Waals surface area contributed by atoms with Gasteiger partial charge in [0.05, 0.1) is 11.6 Å². The number of carbonyl (C=O) groups excluding carboxylic acids is 1. The number of hydrogen-bond donors (Lipinski definition) is 1. The summed E-state index contributed by atoms with van der Waals surface area (Å²) in [6, 6.07) is 6.31. The van der Waals surface area contributed by atoms with E-state index in [-0.39, 0.29) is 24.3 Å². The van der Waals surface area contributed by atoms with Gasteiger partial charge in [-0.3, -0.25) is 9.59 Å². The first-order chi connectivity index (χ1) is 13.5. The monoisotopic (exact) mass is 385 g/mol. The summed E-state index contributed by atoms with van der Waals surface area (Å²) in [7, 11) is 0. The number of aliphatic carboxylic acids is 1. The largest absolute Gasteiger partial charge is 0.481 e. The van der Waals surface area contributed by atoms with Crippen molar-refractivity contribution in [2.45, 2.75) is 51.5 Å². The first-order valence-corrected chi connectivity index (χ1v) is 9.86. The van der Waals surface area contributed by atoms with Crippen LogP contribution in [-0.4, -0.2) is 44.3 Å². The average Bonchev–Trinajstić information content (AvgIpc) is 3.45. The topological polar surface area (TPSA) is 75.4 Å². The minimum Gasteiger partial charge on any atom is -0.481 e. The number of aromatic nitrogens is 2. The predicted octanol–water partition coefficient (Wildman–Crippen LogP) is 3.22. The Labute approximate surface area is 163 Å². The highest BCUT2D eigenvalue weighted by molar-refractivity contribution is 5.95. The SMILES string of the molecule is CC(CN(C(=O)c1nn(-c2cccc(F)c2)c2c1CCCC2)C1CC1)C(=O)O. The summed E-state index contributed by atoms with van der Waals surface area (Å²) >= 11 is 0. The van der Waals surface area contributed by atoms with Crippen molar-refractivity contribution in [2.75, 3.05) is 6.54 Å². The van der Waals surface area contributed by atoms with Gasteiger partial charge in [0, 0.05) is 23.8 Å². The van der Waals surface area contributed by atoms with Crippen molar-refractivity contribution in [1.29, 1.82) is 0 Å². The molecular weight excluding hydrogens is 361 g/mol. The van der Waals surface area contributed by atoms with Crippen molar-refractivity contribution >= 4 is 11.9 Å². The van der Waals surface area contributed by atoms with Crippen molar-refractivity contribution in [2.24, 2.45) is 5.92 Å². The molecule has 1 aromatic heterocycles. The number of carboxylic acid groups (broad SMARTS) is 1. The van der Waals surface area contributed by atoms with Gasteiger partial charge in [-0.25, -0.2) is 9.07 Å². The average molecular weight is 385 g/mol. The van der Waals surface area contributed by atoms with E-state index in [4.69, 9.17) is 0 Å². The van der Waals surface area contributed by atoms with Crippen LogP contribution >= 0.6 is 0 Å². The molecule has 0 saturated heterocycles. The summed E-state index contributed by atoms with van der Waals surface area (Å²) in [6.45, 7) is 1.80. The molecule has 4 rings (SSSR count). The smallest absolute Gasteiger partial charge is 0.308 e. The molecule has 2 aromatic rings. The lowest BCUT2D eigenvalue weighted by atomic mass is 9.95. The normalized spacial score (nSPS) is 17.1. The molecule has 2 aliphatic carbocycles. The van der Waals surface area contributed by atoms with Crippen LogP contribution in [-0.2, 0) is 17.6 Å². The quantitative estimate of drug-likeness (QED) is 0.828. The Kier molecular flexibility index (Phi) is 4.91. The second-order valence-electron chi connectivity index (χ2n) is 7.80. The van der Waals surface area contributed by atoms with Crippen LogP contribution < -0.4 is 0 Å². The predicted molar refractivity (Wildman–Crippen MR) is 101 cm³/mol. The molecule has 1 amide bonds. The van der Waals surface area contributed by atoms with E-state index in [1.165, 1.54) is 12.1 Å². The lowest BCUT2D eigenvalue weighted by Gasteiger charge is -2.24. The maximum Gasteiger partial charge on any atom is 0.308 e. The van der Waals surface area contributed by atoms with Crippen LogP contribution in [0.25, 0.3) is 5.69 Å². The van der Waals surface area contributed by atoms with Crippen LogP contribution in [0.3, 0.4) is 0 Å². The molecule has 0 radical (unpaired) electrons. The highest BCUT2D eigenvalue weighted by Crippen LogP contribution is 2.32. The van der Waals surface area contributed by atoms with Gasteiger partial charge in [0.15, 0.2) is 5.69 Å². The lowest BCUT2D eigenvalue weighted by molar-refractivity contribution is -0.141. The Hall–Kier alpha value is -2.70. The van der Waals surface area contributed by atoms with E-state index < -0.39 is 11.9 Å². The fourth-order valence-corrected chi connectivity index (χ4v) is 3.89. The van der Waals surface area contributed by atoms with E-state index in [0.717, 1.165) is 49.8 Å². The highest BCUT2D eigenvalue weighted by Gasteiger charge is 2.37. The summed E-state index contributed by atoms with van der Waals surface area (Å²) in [4.78, 5) is 26.3. The van der Waals surface area contributed by atoms with E-state index in [1.54, 1.807) is 28.6 Å². The zero-order chi connectivity index (χ0) is 19.8. The molecule has 28 heavy (non-hydrogen) atoms. The zero-order valence-electron chi connectivity index (χ0n) is 15.9. The van der Waals surface area contributed by atoms with Crippen LogP contribution in [0.5, 0.6) is 0 Å². The molecule has 0 aliphatic heterocycles. The second-order valence-corrected chi connectivity index (χ2v) is 7.80. The molecule has 148 valence electrons. The standard InChI is InChI=1S/C21H24FN3O3/c1-13(21(27)28)12-24(15-9-10-15)20(26)19-17-7-2-3-8-18(17)25(23-19)16-6-4-5-14(22)11-16/h4-6,11,13,15H,2-3,7-10,12H2,1H3,(H,27,28). The van der Waals surface area contributed by atoms with Crippen LogP contribution in [0, 0.1) is 11.7 Å². The number of carboxylic acids is 1.